The molecule has 1 fully saturated rings. The molecule has 2 N–H and O–H groups in total. The molecule has 0 bridgehead atoms. The van der Waals surface area contributed by atoms with Crippen molar-refractivity contribution in [3.8, 4) is 0 Å². The third kappa shape index (κ3) is 5.85. The van der Waals surface area contributed by atoms with Gasteiger partial charge < -0.3 is 5.11 Å². The zero-order valence-corrected chi connectivity index (χ0v) is 12.2. The number of carbonyl (C=O) groups is 1. The van der Waals surface area contributed by atoms with E-state index in [9.17, 15) is 21.6 Å². The lowest BCUT2D eigenvalue weighted by atomic mass is 10.1. The smallest absolute Gasteiger partial charge is 0.304 e. The Hall–Kier alpha value is -0.710. The van der Waals surface area contributed by atoms with E-state index in [0.717, 1.165) is 6.26 Å². The zero-order chi connectivity index (χ0) is 14.7. The van der Waals surface area contributed by atoms with Gasteiger partial charge in [-0.25, -0.2) is 25.9 Å². The SMILES string of the molecule is CS(=O)(=O)N1CCC(NS(=O)(=O)CCC(=O)O)CC1. The van der Waals surface area contributed by atoms with Crippen LogP contribution < -0.4 is 4.72 Å². The fourth-order valence-corrected chi connectivity index (χ4v) is 4.02. The van der Waals surface area contributed by atoms with Gasteiger partial charge in [-0.15, -0.1) is 0 Å². The molecule has 0 spiro atoms. The Bertz CT molecular complexity index is 519. The summed E-state index contributed by atoms with van der Waals surface area (Å²) in [4.78, 5) is 10.3. The minimum absolute atomic E-state index is 0.269. The number of rotatable bonds is 6. The van der Waals surface area contributed by atoms with Gasteiger partial charge in [-0.3, -0.25) is 4.79 Å². The van der Waals surface area contributed by atoms with E-state index in [0.29, 0.717) is 12.8 Å². The van der Waals surface area contributed by atoms with Gasteiger partial charge in [0.25, 0.3) is 0 Å². The van der Waals surface area contributed by atoms with E-state index in [1.165, 1.54) is 4.31 Å². The Balaban J connectivity index is 2.47. The molecule has 0 amide bonds. The first kappa shape index (κ1) is 16.3. The van der Waals surface area contributed by atoms with Gasteiger partial charge in [-0.2, -0.15) is 0 Å². The van der Waals surface area contributed by atoms with Crippen molar-refractivity contribution in [3.05, 3.63) is 0 Å². The Morgan fingerprint density at radius 1 is 1.26 bits per heavy atom. The monoisotopic (exact) mass is 314 g/mol. The molecule has 0 saturated carbocycles. The quantitative estimate of drug-likeness (QED) is 0.635. The minimum Gasteiger partial charge on any atom is -0.481 e. The summed E-state index contributed by atoms with van der Waals surface area (Å²) in [6.07, 6.45) is 1.45. The number of hydrogen-bond acceptors (Lipinski definition) is 5. The molecule has 0 aromatic heterocycles. The molecule has 1 rings (SSSR count). The lowest BCUT2D eigenvalue weighted by Gasteiger charge is -2.30. The molecule has 10 heteroatoms. The van der Waals surface area contributed by atoms with Gasteiger partial charge in [-0.1, -0.05) is 0 Å². The molecular weight excluding hydrogens is 296 g/mol. The summed E-state index contributed by atoms with van der Waals surface area (Å²) in [7, 11) is -6.86. The molecule has 19 heavy (non-hydrogen) atoms. The van der Waals surface area contributed by atoms with E-state index in [2.05, 4.69) is 4.72 Å². The highest BCUT2D eigenvalue weighted by atomic mass is 32.2. The van der Waals surface area contributed by atoms with E-state index in [-0.39, 0.29) is 19.1 Å². The fourth-order valence-electron chi connectivity index (χ4n) is 1.84. The number of nitrogens with zero attached hydrogens (tertiary/aromatic N) is 1. The molecule has 1 aliphatic heterocycles. The van der Waals surface area contributed by atoms with E-state index in [1.807, 2.05) is 0 Å². The summed E-state index contributed by atoms with van der Waals surface area (Å²) in [5.74, 6) is -1.63. The second-order valence-corrected chi connectivity index (χ2v) is 8.37. The number of carboxylic acid groups (broad SMARTS) is 1. The molecular formula is C9H18N2O6S2. The van der Waals surface area contributed by atoms with Gasteiger partial charge in [0.15, 0.2) is 0 Å². The van der Waals surface area contributed by atoms with Crippen LogP contribution in [-0.2, 0) is 24.8 Å². The van der Waals surface area contributed by atoms with E-state index in [1.54, 1.807) is 0 Å². The molecule has 0 aromatic carbocycles. The van der Waals surface area contributed by atoms with Crippen LogP contribution in [0.25, 0.3) is 0 Å². The highest BCUT2D eigenvalue weighted by Gasteiger charge is 2.27. The second kappa shape index (κ2) is 6.16. The van der Waals surface area contributed by atoms with Crippen LogP contribution in [0, 0.1) is 0 Å². The summed E-state index contributed by atoms with van der Waals surface area (Å²) in [5, 5.41) is 8.44. The summed E-state index contributed by atoms with van der Waals surface area (Å²) in [6, 6.07) is -0.336. The average Bonchev–Trinajstić information content (AvgIpc) is 2.25. The summed E-state index contributed by atoms with van der Waals surface area (Å²) in [5.41, 5.74) is 0. The molecule has 0 atom stereocenters. The predicted octanol–water partition coefficient (Wildman–Crippen LogP) is -1.20. The molecule has 0 aliphatic carbocycles. The van der Waals surface area contributed by atoms with Crippen molar-refractivity contribution in [3.63, 3.8) is 0 Å². The maximum absolute atomic E-state index is 11.6. The highest BCUT2D eigenvalue weighted by molar-refractivity contribution is 7.89. The van der Waals surface area contributed by atoms with Crippen molar-refractivity contribution in [2.75, 3.05) is 25.1 Å². The number of aliphatic carboxylic acids is 1. The van der Waals surface area contributed by atoms with Crippen molar-refractivity contribution in [1.29, 1.82) is 0 Å². The number of sulfonamides is 2. The van der Waals surface area contributed by atoms with Gasteiger partial charge in [0, 0.05) is 19.1 Å². The second-order valence-electron chi connectivity index (χ2n) is 4.52. The summed E-state index contributed by atoms with van der Waals surface area (Å²) < 4.78 is 49.4. The lowest BCUT2D eigenvalue weighted by molar-refractivity contribution is -0.136. The molecule has 0 aromatic rings. The topological polar surface area (TPSA) is 121 Å². The zero-order valence-electron chi connectivity index (χ0n) is 10.6. The first-order valence-corrected chi connectivity index (χ1v) is 9.27. The van der Waals surface area contributed by atoms with Crippen LogP contribution in [0.2, 0.25) is 0 Å². The van der Waals surface area contributed by atoms with Crippen LogP contribution in [0.15, 0.2) is 0 Å². The van der Waals surface area contributed by atoms with Gasteiger partial charge >= 0.3 is 5.97 Å². The molecule has 1 aliphatic rings. The molecule has 0 unspecified atom stereocenters. The first-order valence-electron chi connectivity index (χ1n) is 5.77. The third-order valence-corrected chi connectivity index (χ3v) is 5.59. The maximum Gasteiger partial charge on any atom is 0.304 e. The summed E-state index contributed by atoms with van der Waals surface area (Å²) in [6.45, 7) is 0.538. The third-order valence-electron chi connectivity index (χ3n) is 2.85. The van der Waals surface area contributed by atoms with Crippen LogP contribution in [0.3, 0.4) is 0 Å². The van der Waals surface area contributed by atoms with Gasteiger partial charge in [0.2, 0.25) is 20.0 Å². The fraction of sp³-hybridized carbons (Fsp3) is 0.889. The predicted molar refractivity (Wildman–Crippen MR) is 68.6 cm³/mol. The Labute approximate surface area is 112 Å². The van der Waals surface area contributed by atoms with Crippen molar-refractivity contribution in [2.24, 2.45) is 0 Å². The number of carboxylic acids is 1. The van der Waals surface area contributed by atoms with Crippen molar-refractivity contribution < 1.29 is 26.7 Å². The number of hydrogen-bond donors (Lipinski definition) is 2. The average molecular weight is 314 g/mol. The van der Waals surface area contributed by atoms with Crippen molar-refractivity contribution in [1.82, 2.24) is 9.03 Å². The van der Waals surface area contributed by atoms with E-state index < -0.39 is 38.2 Å². The normalized spacial score (nSPS) is 19.4. The largest absolute Gasteiger partial charge is 0.481 e. The number of nitrogens with one attached hydrogen (secondary N) is 1. The standard InChI is InChI=1S/C9H18N2O6S2/c1-18(14,15)11-5-2-8(3-6-11)10-19(16,17)7-4-9(12)13/h8,10H,2-7H2,1H3,(H,12,13). The first-order chi connectivity index (χ1) is 8.60. The molecule has 1 saturated heterocycles. The van der Waals surface area contributed by atoms with Crippen LogP contribution in [0.5, 0.6) is 0 Å². The van der Waals surface area contributed by atoms with Crippen LogP contribution in [0.1, 0.15) is 19.3 Å². The maximum atomic E-state index is 11.6. The van der Waals surface area contributed by atoms with Gasteiger partial charge in [-0.05, 0) is 12.8 Å². The Kier molecular flexibility index (Phi) is 5.30. The molecule has 112 valence electrons. The van der Waals surface area contributed by atoms with E-state index >= 15 is 0 Å². The summed E-state index contributed by atoms with van der Waals surface area (Å²) >= 11 is 0. The highest BCUT2D eigenvalue weighted by Crippen LogP contribution is 2.14. The van der Waals surface area contributed by atoms with Crippen molar-refractivity contribution in [2.45, 2.75) is 25.3 Å². The van der Waals surface area contributed by atoms with Gasteiger partial charge in [0.05, 0.1) is 18.4 Å². The molecule has 0 radical (unpaired) electrons. The van der Waals surface area contributed by atoms with Crippen LogP contribution in [0.4, 0.5) is 0 Å². The lowest BCUT2D eigenvalue weighted by Crippen LogP contribution is -2.46. The van der Waals surface area contributed by atoms with Crippen LogP contribution in [-0.4, -0.2) is 63.4 Å². The van der Waals surface area contributed by atoms with E-state index in [4.69, 9.17) is 5.11 Å². The number of piperidine rings is 1. The van der Waals surface area contributed by atoms with Gasteiger partial charge in [0.1, 0.15) is 0 Å². The van der Waals surface area contributed by atoms with Crippen molar-refractivity contribution >= 4 is 26.0 Å². The Morgan fingerprint density at radius 3 is 2.21 bits per heavy atom. The molecule has 8 nitrogen and oxygen atoms in total. The minimum atomic E-state index is -3.63. The molecule has 1 heterocycles. The van der Waals surface area contributed by atoms with Crippen LogP contribution >= 0.6 is 0 Å². The Morgan fingerprint density at radius 2 is 1.79 bits per heavy atom.